The number of aryl methyl sites for hydroxylation is 1. The van der Waals surface area contributed by atoms with E-state index in [1.54, 1.807) is 16.8 Å². The van der Waals surface area contributed by atoms with E-state index in [0.29, 0.717) is 16.5 Å². The molecule has 0 spiro atoms. The number of fused-ring (bicyclic) bond motifs is 1. The van der Waals surface area contributed by atoms with Gasteiger partial charge >= 0.3 is 0 Å². The van der Waals surface area contributed by atoms with Crippen LogP contribution in [0, 0.1) is 5.82 Å². The molecule has 3 aromatic rings. The largest absolute Gasteiger partial charge is 0.324 e. The van der Waals surface area contributed by atoms with E-state index in [0.717, 1.165) is 17.7 Å². The average Bonchev–Trinajstić information content (AvgIpc) is 3.10. The number of halogens is 2. The van der Waals surface area contributed by atoms with Gasteiger partial charge in [0, 0.05) is 16.3 Å². The van der Waals surface area contributed by atoms with Gasteiger partial charge in [-0.05, 0) is 35.8 Å². The first-order chi connectivity index (χ1) is 12.2. The molecule has 1 N–H and O–H groups in total. The molecule has 1 aliphatic rings. The van der Waals surface area contributed by atoms with Crippen molar-refractivity contribution in [2.24, 2.45) is 0 Å². The molecule has 0 saturated carbocycles. The summed E-state index contributed by atoms with van der Waals surface area (Å²) in [4.78, 5) is 4.24. The number of hydrogen-bond acceptors (Lipinski definition) is 3. The van der Waals surface area contributed by atoms with Gasteiger partial charge < -0.3 is 5.32 Å². The van der Waals surface area contributed by atoms with Gasteiger partial charge in [0.25, 0.3) is 0 Å². The first kappa shape index (κ1) is 15.8. The summed E-state index contributed by atoms with van der Waals surface area (Å²) in [5.74, 6) is 0.194. The van der Waals surface area contributed by atoms with Crippen LogP contribution >= 0.6 is 11.6 Å². The Morgan fingerprint density at radius 1 is 1.20 bits per heavy atom. The lowest BCUT2D eigenvalue weighted by Crippen LogP contribution is -2.21. The molecule has 2 heterocycles. The van der Waals surface area contributed by atoms with Crippen molar-refractivity contribution in [1.29, 1.82) is 0 Å². The lowest BCUT2D eigenvalue weighted by atomic mass is 10.0. The summed E-state index contributed by atoms with van der Waals surface area (Å²) in [5.41, 5.74) is 3.51. The van der Waals surface area contributed by atoms with E-state index in [1.165, 1.54) is 18.0 Å². The lowest BCUT2D eigenvalue weighted by molar-refractivity contribution is 0.551. The fraction of sp³-hybridized carbons (Fsp3) is 0.158. The smallest absolute Gasteiger partial charge is 0.226 e. The molecule has 2 aromatic carbocycles. The maximum Gasteiger partial charge on any atom is 0.226 e. The second-order valence-corrected chi connectivity index (χ2v) is 6.27. The van der Waals surface area contributed by atoms with Crippen molar-refractivity contribution >= 4 is 23.2 Å². The van der Waals surface area contributed by atoms with E-state index in [-0.39, 0.29) is 5.82 Å². The number of benzene rings is 2. The fourth-order valence-electron chi connectivity index (χ4n) is 3.02. The van der Waals surface area contributed by atoms with Crippen LogP contribution in [0.1, 0.15) is 29.7 Å². The Bertz CT molecular complexity index is 926. The minimum atomic E-state index is -0.465. The van der Waals surface area contributed by atoms with E-state index < -0.39 is 6.04 Å². The van der Waals surface area contributed by atoms with Gasteiger partial charge in [-0.25, -0.2) is 9.07 Å². The molecule has 0 amide bonds. The monoisotopic (exact) mass is 354 g/mol. The predicted molar refractivity (Wildman–Crippen MR) is 97.0 cm³/mol. The first-order valence-corrected chi connectivity index (χ1v) is 8.46. The predicted octanol–water partition coefficient (Wildman–Crippen LogP) is 4.69. The second kappa shape index (κ2) is 6.33. The molecule has 0 radical (unpaired) electrons. The van der Waals surface area contributed by atoms with Crippen LogP contribution in [0.2, 0.25) is 5.02 Å². The number of nitrogens with zero attached hydrogens (tertiary/aromatic N) is 3. The van der Waals surface area contributed by atoms with Crippen LogP contribution in [0.25, 0.3) is 5.70 Å². The van der Waals surface area contributed by atoms with Crippen molar-refractivity contribution in [2.45, 2.75) is 19.4 Å². The molecule has 0 unspecified atom stereocenters. The number of rotatable bonds is 3. The van der Waals surface area contributed by atoms with E-state index >= 15 is 0 Å². The molecule has 0 saturated heterocycles. The van der Waals surface area contributed by atoms with Crippen LogP contribution in [0.4, 0.5) is 10.3 Å². The molecule has 0 fully saturated rings. The Hall–Kier alpha value is -2.66. The number of allylic oxidation sites excluding steroid dienone is 1. The molecule has 1 aromatic heterocycles. The van der Waals surface area contributed by atoms with Crippen LogP contribution in [0.15, 0.2) is 54.9 Å². The maximum absolute atomic E-state index is 14.5. The summed E-state index contributed by atoms with van der Waals surface area (Å²) in [5, 5.41) is 7.85. The van der Waals surface area contributed by atoms with Crippen molar-refractivity contribution in [3.8, 4) is 0 Å². The summed E-state index contributed by atoms with van der Waals surface area (Å²) >= 11 is 6.28. The van der Waals surface area contributed by atoms with Crippen LogP contribution in [0.3, 0.4) is 0 Å². The maximum atomic E-state index is 14.5. The van der Waals surface area contributed by atoms with E-state index in [2.05, 4.69) is 34.5 Å². The number of hydrogen-bond donors (Lipinski definition) is 1. The van der Waals surface area contributed by atoms with Gasteiger partial charge in [-0.15, -0.1) is 0 Å². The minimum Gasteiger partial charge on any atom is -0.324 e. The molecule has 0 bridgehead atoms. The lowest BCUT2D eigenvalue weighted by Gasteiger charge is -2.25. The zero-order valence-electron chi connectivity index (χ0n) is 13.6. The van der Waals surface area contributed by atoms with Crippen molar-refractivity contribution in [1.82, 2.24) is 14.8 Å². The van der Waals surface area contributed by atoms with Crippen LogP contribution in [-0.2, 0) is 6.42 Å². The summed E-state index contributed by atoms with van der Waals surface area (Å²) in [6.07, 6.45) is 4.35. The summed E-state index contributed by atoms with van der Waals surface area (Å²) in [6, 6.07) is 12.5. The topological polar surface area (TPSA) is 42.7 Å². The normalized spacial score (nSPS) is 16.1. The summed E-state index contributed by atoms with van der Waals surface area (Å²) in [6.45, 7) is 2.12. The highest BCUT2D eigenvalue weighted by Crippen LogP contribution is 2.36. The van der Waals surface area contributed by atoms with Gasteiger partial charge in [0.15, 0.2) is 0 Å². The molecule has 126 valence electrons. The third-order valence-corrected chi connectivity index (χ3v) is 4.71. The average molecular weight is 355 g/mol. The van der Waals surface area contributed by atoms with Crippen molar-refractivity contribution in [2.75, 3.05) is 5.32 Å². The van der Waals surface area contributed by atoms with Crippen molar-refractivity contribution < 1.29 is 4.39 Å². The quantitative estimate of drug-likeness (QED) is 0.742. The molecular formula is C19H16ClFN4. The van der Waals surface area contributed by atoms with Gasteiger partial charge in [0.05, 0.1) is 0 Å². The third-order valence-electron chi connectivity index (χ3n) is 4.38. The van der Waals surface area contributed by atoms with Crippen LogP contribution in [-0.4, -0.2) is 14.8 Å². The Balaban J connectivity index is 1.83. The molecule has 1 atom stereocenters. The van der Waals surface area contributed by atoms with Gasteiger partial charge in [0.2, 0.25) is 5.95 Å². The number of aromatic nitrogens is 3. The molecular weight excluding hydrogens is 339 g/mol. The zero-order valence-corrected chi connectivity index (χ0v) is 14.3. The highest BCUT2D eigenvalue weighted by molar-refractivity contribution is 6.31. The molecule has 4 rings (SSSR count). The number of nitrogens with one attached hydrogen (secondary N) is 1. The summed E-state index contributed by atoms with van der Waals surface area (Å²) < 4.78 is 16.1. The first-order valence-electron chi connectivity index (χ1n) is 8.09. The zero-order chi connectivity index (χ0) is 17.4. The van der Waals surface area contributed by atoms with Gasteiger partial charge in [-0.3, -0.25) is 0 Å². The standard InChI is InChI=1S/C19H16ClFN4/c1-2-12-6-8-13(9-7-12)16-10-17(25-19(24-16)22-11-23-25)18-14(20)4-3-5-15(18)21/h3-11,17H,2H2,1H3,(H,22,23,24)/t17-/m1/s1. The Morgan fingerprint density at radius 2 is 2.00 bits per heavy atom. The molecule has 1 aliphatic heterocycles. The molecule has 4 nitrogen and oxygen atoms in total. The Morgan fingerprint density at radius 3 is 2.72 bits per heavy atom. The van der Waals surface area contributed by atoms with Gasteiger partial charge in [0.1, 0.15) is 18.2 Å². The molecule has 0 aliphatic carbocycles. The number of anilines is 1. The van der Waals surface area contributed by atoms with Crippen LogP contribution < -0.4 is 5.32 Å². The SMILES string of the molecule is CCc1ccc(C2=C[C@H](c3c(F)cccc3Cl)n3ncnc3N2)cc1. The van der Waals surface area contributed by atoms with E-state index in [4.69, 9.17) is 11.6 Å². The van der Waals surface area contributed by atoms with Crippen molar-refractivity contribution in [3.05, 3.63) is 82.4 Å². The van der Waals surface area contributed by atoms with Gasteiger partial charge in [-0.1, -0.05) is 48.9 Å². The van der Waals surface area contributed by atoms with E-state index in [1.807, 2.05) is 18.2 Å². The molecule has 6 heteroatoms. The Labute approximate surface area is 150 Å². The second-order valence-electron chi connectivity index (χ2n) is 5.86. The van der Waals surface area contributed by atoms with Crippen molar-refractivity contribution in [3.63, 3.8) is 0 Å². The minimum absolute atomic E-state index is 0.363. The highest BCUT2D eigenvalue weighted by atomic mass is 35.5. The van der Waals surface area contributed by atoms with E-state index in [9.17, 15) is 4.39 Å². The summed E-state index contributed by atoms with van der Waals surface area (Å²) in [7, 11) is 0. The van der Waals surface area contributed by atoms with Gasteiger partial charge in [-0.2, -0.15) is 10.1 Å². The molecule has 25 heavy (non-hydrogen) atoms. The fourth-order valence-corrected chi connectivity index (χ4v) is 3.30. The van der Waals surface area contributed by atoms with Crippen LogP contribution in [0.5, 0.6) is 0 Å². The third kappa shape index (κ3) is 2.81. The Kier molecular flexibility index (Phi) is 4.01. The highest BCUT2D eigenvalue weighted by Gasteiger charge is 2.27.